The molecule has 0 aromatic heterocycles. The summed E-state index contributed by atoms with van der Waals surface area (Å²) in [5.41, 5.74) is 0.582. The molecule has 0 bridgehead atoms. The van der Waals surface area contributed by atoms with Crippen LogP contribution in [-0.4, -0.2) is 4.92 Å². The molecule has 0 aliphatic heterocycles. The molecule has 0 aliphatic rings. The van der Waals surface area contributed by atoms with Crippen LogP contribution in [0.4, 0.5) is 5.69 Å². The van der Waals surface area contributed by atoms with Crippen molar-refractivity contribution in [2.45, 2.75) is 0 Å². The Labute approximate surface area is 69.2 Å². The Morgan fingerprint density at radius 2 is 2.25 bits per heavy atom. The Balaban J connectivity index is 3.23. The minimum atomic E-state index is -0.524. The summed E-state index contributed by atoms with van der Waals surface area (Å²) in [7, 11) is 0. The molecule has 0 unspecified atom stereocenters. The van der Waals surface area contributed by atoms with Gasteiger partial charge in [0.25, 0.3) is 5.69 Å². The maximum absolute atomic E-state index is 10.3. The third-order valence-electron chi connectivity index (χ3n) is 1.41. The molecule has 0 saturated heterocycles. The zero-order valence-electron chi connectivity index (χ0n) is 6.15. The first-order chi connectivity index (χ1) is 5.65. The monoisotopic (exact) mass is 161 g/mol. The summed E-state index contributed by atoms with van der Waals surface area (Å²) in [6.07, 6.45) is 0. The molecule has 0 spiro atoms. The van der Waals surface area contributed by atoms with Crippen LogP contribution in [0.5, 0.6) is 0 Å². The summed E-state index contributed by atoms with van der Waals surface area (Å²) in [6, 6.07) is 5.93. The quantitative estimate of drug-likeness (QED) is 0.464. The fraction of sp³-hybridized carbons (Fsp3) is 0. The predicted octanol–water partition coefficient (Wildman–Crippen LogP) is 1.65. The van der Waals surface area contributed by atoms with E-state index in [9.17, 15) is 10.1 Å². The van der Waals surface area contributed by atoms with E-state index in [2.05, 4.69) is 6.92 Å². The Kier molecular flexibility index (Phi) is 2.06. The van der Waals surface area contributed by atoms with Gasteiger partial charge < -0.3 is 0 Å². The van der Waals surface area contributed by atoms with Crippen LogP contribution in [0.2, 0.25) is 0 Å². The molecule has 1 aromatic rings. The first-order valence-corrected chi connectivity index (χ1v) is 3.15. The molecule has 0 N–H and O–H groups in total. The smallest absolute Gasteiger partial charge is 0.258 e. The van der Waals surface area contributed by atoms with Gasteiger partial charge in [0.1, 0.15) is 0 Å². The van der Waals surface area contributed by atoms with Gasteiger partial charge in [0, 0.05) is 11.6 Å². The Morgan fingerprint density at radius 1 is 1.58 bits per heavy atom. The number of hydrogen-bond acceptors (Lipinski definition) is 3. The maximum Gasteiger partial charge on any atom is 0.272 e. The zero-order valence-corrected chi connectivity index (χ0v) is 6.15. The van der Waals surface area contributed by atoms with Gasteiger partial charge in [-0.05, 0) is 19.1 Å². The molecule has 0 heterocycles. The third-order valence-corrected chi connectivity index (χ3v) is 1.41. The van der Waals surface area contributed by atoms with E-state index >= 15 is 0 Å². The highest BCUT2D eigenvalue weighted by Gasteiger charge is 2.09. The van der Waals surface area contributed by atoms with E-state index in [-0.39, 0.29) is 11.3 Å². The van der Waals surface area contributed by atoms with Gasteiger partial charge in [0.15, 0.2) is 0 Å². The standard InChI is InChI=1S/C8H5N2O2/c1-6-4-7(5-9)2-3-8(6)10(11)12/h2-4H,1H2. The van der Waals surface area contributed by atoms with Crippen molar-refractivity contribution in [3.8, 4) is 6.07 Å². The van der Waals surface area contributed by atoms with Crippen molar-refractivity contribution in [2.75, 3.05) is 0 Å². The van der Waals surface area contributed by atoms with Gasteiger partial charge >= 0.3 is 0 Å². The van der Waals surface area contributed by atoms with Crippen molar-refractivity contribution >= 4 is 5.69 Å². The molecular formula is C8H5N2O2. The Morgan fingerprint density at radius 3 is 2.67 bits per heavy atom. The van der Waals surface area contributed by atoms with E-state index in [1.807, 2.05) is 6.07 Å². The Hall–Kier alpha value is -1.89. The Bertz CT molecular complexity index is 366. The predicted molar refractivity (Wildman–Crippen MR) is 42.3 cm³/mol. The second kappa shape index (κ2) is 3.01. The largest absolute Gasteiger partial charge is 0.272 e. The summed E-state index contributed by atoms with van der Waals surface area (Å²) >= 11 is 0. The van der Waals surface area contributed by atoms with Gasteiger partial charge in [-0.1, -0.05) is 0 Å². The zero-order chi connectivity index (χ0) is 9.14. The number of nitriles is 1. The van der Waals surface area contributed by atoms with Gasteiger partial charge in [-0.15, -0.1) is 0 Å². The van der Waals surface area contributed by atoms with Crippen LogP contribution in [-0.2, 0) is 0 Å². The second-order valence-electron chi connectivity index (χ2n) is 2.21. The van der Waals surface area contributed by atoms with E-state index in [4.69, 9.17) is 5.26 Å². The number of nitro benzene ring substituents is 1. The molecule has 0 aliphatic carbocycles. The normalized spacial score (nSPS) is 9.00. The van der Waals surface area contributed by atoms with E-state index in [1.54, 1.807) is 0 Å². The lowest BCUT2D eigenvalue weighted by Gasteiger charge is -1.95. The highest BCUT2D eigenvalue weighted by atomic mass is 16.6. The molecular weight excluding hydrogens is 156 g/mol. The van der Waals surface area contributed by atoms with E-state index < -0.39 is 4.92 Å². The summed E-state index contributed by atoms with van der Waals surface area (Å²) in [5, 5.41) is 18.7. The maximum atomic E-state index is 10.3. The molecule has 1 aromatic carbocycles. The molecule has 0 amide bonds. The molecule has 1 radical (unpaired) electrons. The van der Waals surface area contributed by atoms with Crippen LogP contribution in [0.25, 0.3) is 0 Å². The van der Waals surface area contributed by atoms with Crippen molar-refractivity contribution in [1.82, 2.24) is 0 Å². The summed E-state index contributed by atoms with van der Waals surface area (Å²) in [4.78, 5) is 9.78. The van der Waals surface area contributed by atoms with Crippen LogP contribution in [0.3, 0.4) is 0 Å². The lowest BCUT2D eigenvalue weighted by atomic mass is 10.1. The SMILES string of the molecule is [CH2]c1cc(C#N)ccc1[N+](=O)[O-]. The minimum absolute atomic E-state index is 0.0611. The van der Waals surface area contributed by atoms with Gasteiger partial charge in [-0.3, -0.25) is 10.1 Å². The van der Waals surface area contributed by atoms with E-state index in [1.165, 1.54) is 18.2 Å². The highest BCUT2D eigenvalue weighted by Crippen LogP contribution is 2.17. The number of hydrogen-bond donors (Lipinski definition) is 0. The number of benzene rings is 1. The molecule has 4 heteroatoms. The number of nitrogens with zero attached hydrogens (tertiary/aromatic N) is 2. The minimum Gasteiger partial charge on any atom is -0.258 e. The van der Waals surface area contributed by atoms with Gasteiger partial charge in [0.2, 0.25) is 0 Å². The van der Waals surface area contributed by atoms with Crippen LogP contribution in [0, 0.1) is 28.4 Å². The van der Waals surface area contributed by atoms with Crippen LogP contribution in [0.1, 0.15) is 11.1 Å². The average molecular weight is 161 g/mol. The van der Waals surface area contributed by atoms with Crippen molar-refractivity contribution in [3.63, 3.8) is 0 Å². The first-order valence-electron chi connectivity index (χ1n) is 3.15. The number of nitro groups is 1. The first kappa shape index (κ1) is 8.21. The lowest BCUT2D eigenvalue weighted by Crippen LogP contribution is -1.91. The highest BCUT2D eigenvalue weighted by molar-refractivity contribution is 5.47. The second-order valence-corrected chi connectivity index (χ2v) is 2.21. The topological polar surface area (TPSA) is 66.9 Å². The molecule has 0 saturated carbocycles. The molecule has 0 fully saturated rings. The van der Waals surface area contributed by atoms with Crippen molar-refractivity contribution in [2.24, 2.45) is 0 Å². The van der Waals surface area contributed by atoms with Gasteiger partial charge in [-0.2, -0.15) is 5.26 Å². The molecule has 12 heavy (non-hydrogen) atoms. The molecule has 4 nitrogen and oxygen atoms in total. The average Bonchev–Trinajstić information content (AvgIpc) is 2.03. The molecule has 0 atom stereocenters. The molecule has 59 valence electrons. The van der Waals surface area contributed by atoms with E-state index in [0.29, 0.717) is 5.56 Å². The summed E-state index contributed by atoms with van der Waals surface area (Å²) < 4.78 is 0. The van der Waals surface area contributed by atoms with Crippen molar-refractivity contribution in [3.05, 3.63) is 46.4 Å². The van der Waals surface area contributed by atoms with Gasteiger partial charge in [0.05, 0.1) is 16.6 Å². The van der Waals surface area contributed by atoms with Crippen LogP contribution < -0.4 is 0 Å². The van der Waals surface area contributed by atoms with Crippen molar-refractivity contribution < 1.29 is 4.92 Å². The van der Waals surface area contributed by atoms with Crippen molar-refractivity contribution in [1.29, 1.82) is 5.26 Å². The molecule has 1 rings (SSSR count). The summed E-state index contributed by atoms with van der Waals surface area (Å²) in [5.74, 6) is 0. The van der Waals surface area contributed by atoms with Crippen LogP contribution >= 0.6 is 0 Å². The lowest BCUT2D eigenvalue weighted by molar-refractivity contribution is -0.385. The van der Waals surface area contributed by atoms with Gasteiger partial charge in [-0.25, -0.2) is 0 Å². The fourth-order valence-corrected chi connectivity index (χ4v) is 0.833. The summed E-state index contributed by atoms with van der Waals surface area (Å²) in [6.45, 7) is 3.46. The van der Waals surface area contributed by atoms with Crippen LogP contribution in [0.15, 0.2) is 18.2 Å². The van der Waals surface area contributed by atoms with E-state index in [0.717, 1.165) is 0 Å². The number of rotatable bonds is 1. The fourth-order valence-electron chi connectivity index (χ4n) is 0.833. The third kappa shape index (κ3) is 1.40.